The number of furan rings is 2. The van der Waals surface area contributed by atoms with E-state index in [1.807, 2.05) is 12.1 Å². The Hall–Kier alpha value is -7.56. The predicted octanol–water partition coefficient (Wildman–Crippen LogP) is 14.9. The molecule has 0 saturated heterocycles. The van der Waals surface area contributed by atoms with Crippen LogP contribution in [0.3, 0.4) is 0 Å². The lowest BCUT2D eigenvalue weighted by atomic mass is 9.98. The molecule has 4 nitrogen and oxygen atoms in total. The first-order valence-electron chi connectivity index (χ1n) is 19.0. The van der Waals surface area contributed by atoms with Gasteiger partial charge in [-0.2, -0.15) is 0 Å². The normalized spacial score (nSPS) is 11.9. The number of aromatic nitrogens is 1. The average molecular weight is 717 g/mol. The first-order chi connectivity index (χ1) is 27.8. The SMILES string of the molecule is c1cc(N(c2ccc3oc4ccccc4c3c2)c2ccccc2-c2cccc3c2oc2c4ccccc4ccc32)cc(-n2c3ccccc3c3ccccc32)c1. The maximum absolute atomic E-state index is 6.91. The van der Waals surface area contributed by atoms with Gasteiger partial charge >= 0.3 is 0 Å². The van der Waals surface area contributed by atoms with Gasteiger partial charge in [-0.3, -0.25) is 0 Å². The third-order valence-electron chi connectivity index (χ3n) is 11.4. The molecule has 0 aliphatic carbocycles. The maximum Gasteiger partial charge on any atom is 0.143 e. The van der Waals surface area contributed by atoms with E-state index in [0.717, 1.165) is 88.5 Å². The van der Waals surface area contributed by atoms with Crippen molar-refractivity contribution in [3.05, 3.63) is 194 Å². The molecular weight excluding hydrogens is 685 g/mol. The van der Waals surface area contributed by atoms with Crippen LogP contribution in [0.25, 0.3) is 93.3 Å². The average Bonchev–Trinajstić information content (AvgIpc) is 3.94. The van der Waals surface area contributed by atoms with Crippen molar-refractivity contribution in [1.82, 2.24) is 4.57 Å². The van der Waals surface area contributed by atoms with Gasteiger partial charge in [0.1, 0.15) is 22.3 Å². The first-order valence-corrected chi connectivity index (χ1v) is 19.0. The van der Waals surface area contributed by atoms with Crippen LogP contribution in [0.2, 0.25) is 0 Å². The van der Waals surface area contributed by atoms with E-state index in [-0.39, 0.29) is 0 Å². The number of rotatable bonds is 5. The second-order valence-corrected chi connectivity index (χ2v) is 14.5. The summed E-state index contributed by atoms with van der Waals surface area (Å²) >= 11 is 0. The lowest BCUT2D eigenvalue weighted by Gasteiger charge is -2.28. The van der Waals surface area contributed by atoms with Crippen LogP contribution in [-0.2, 0) is 0 Å². The van der Waals surface area contributed by atoms with Gasteiger partial charge in [0.2, 0.25) is 0 Å². The maximum atomic E-state index is 6.91. The quantitative estimate of drug-likeness (QED) is 0.178. The number of para-hydroxylation sites is 5. The molecule has 12 aromatic rings. The van der Waals surface area contributed by atoms with Crippen molar-refractivity contribution in [2.24, 2.45) is 0 Å². The van der Waals surface area contributed by atoms with Gasteiger partial charge in [-0.15, -0.1) is 0 Å². The fourth-order valence-electron chi connectivity index (χ4n) is 8.89. The van der Waals surface area contributed by atoms with Gasteiger partial charge in [0.25, 0.3) is 0 Å². The Morgan fingerprint density at radius 3 is 1.84 bits per heavy atom. The minimum absolute atomic E-state index is 0.862. The van der Waals surface area contributed by atoms with Gasteiger partial charge in [-0.25, -0.2) is 0 Å². The van der Waals surface area contributed by atoms with Gasteiger partial charge in [0.05, 0.1) is 16.7 Å². The third kappa shape index (κ3) is 4.53. The Kier molecular flexibility index (Phi) is 6.60. The standard InChI is InChI=1S/C52H32N2O2/c1-2-16-37-33(13-1)27-29-44-43-22-12-21-42(52(43)56-51(37)44)40-19-5-7-23-46(40)53(36-28-30-50-45(32-36)41-20-6-10-26-49(41)55-50)34-14-11-15-35(31-34)54-47-24-8-3-17-38(47)39-18-4-9-25-48(39)54/h1-32H. The van der Waals surface area contributed by atoms with Crippen LogP contribution in [0.4, 0.5) is 17.1 Å². The molecule has 262 valence electrons. The summed E-state index contributed by atoms with van der Waals surface area (Å²) in [5, 5.41) is 9.14. The van der Waals surface area contributed by atoms with E-state index in [4.69, 9.17) is 8.83 Å². The van der Waals surface area contributed by atoms with E-state index >= 15 is 0 Å². The van der Waals surface area contributed by atoms with Crippen molar-refractivity contribution in [3.63, 3.8) is 0 Å². The Bertz CT molecular complexity index is 3460. The van der Waals surface area contributed by atoms with Gasteiger partial charge in [-0.1, -0.05) is 127 Å². The van der Waals surface area contributed by atoms with Crippen LogP contribution in [0, 0.1) is 0 Å². The van der Waals surface area contributed by atoms with Crippen LogP contribution in [0.1, 0.15) is 0 Å². The predicted molar refractivity (Wildman–Crippen MR) is 233 cm³/mol. The lowest BCUT2D eigenvalue weighted by Crippen LogP contribution is -2.11. The van der Waals surface area contributed by atoms with E-state index in [2.05, 4.69) is 191 Å². The second kappa shape index (κ2) is 12.0. The monoisotopic (exact) mass is 716 g/mol. The van der Waals surface area contributed by atoms with Gasteiger partial charge < -0.3 is 18.3 Å². The van der Waals surface area contributed by atoms with Gasteiger partial charge in [-0.05, 0) is 72.1 Å². The van der Waals surface area contributed by atoms with Crippen LogP contribution in [-0.4, -0.2) is 4.57 Å². The molecule has 0 bridgehead atoms. The van der Waals surface area contributed by atoms with Gasteiger partial charge in [0.15, 0.2) is 0 Å². The summed E-state index contributed by atoms with van der Waals surface area (Å²) in [6.07, 6.45) is 0. The largest absolute Gasteiger partial charge is 0.456 e. The summed E-state index contributed by atoms with van der Waals surface area (Å²) in [6.45, 7) is 0. The molecule has 0 aliphatic rings. The summed E-state index contributed by atoms with van der Waals surface area (Å²) in [4.78, 5) is 2.38. The third-order valence-corrected chi connectivity index (χ3v) is 11.4. The highest BCUT2D eigenvalue weighted by Crippen LogP contribution is 2.46. The molecule has 3 aromatic heterocycles. The molecule has 0 unspecified atom stereocenters. The van der Waals surface area contributed by atoms with Crippen molar-refractivity contribution in [1.29, 1.82) is 0 Å². The fraction of sp³-hybridized carbons (Fsp3) is 0. The van der Waals surface area contributed by atoms with Crippen LogP contribution in [0.15, 0.2) is 203 Å². The highest BCUT2D eigenvalue weighted by atomic mass is 16.3. The summed E-state index contributed by atoms with van der Waals surface area (Å²) in [5.74, 6) is 0. The molecular formula is C52H32N2O2. The molecule has 4 heteroatoms. The van der Waals surface area contributed by atoms with Crippen molar-refractivity contribution < 1.29 is 8.83 Å². The number of benzene rings is 9. The highest BCUT2D eigenvalue weighted by molar-refractivity contribution is 6.18. The van der Waals surface area contributed by atoms with Crippen molar-refractivity contribution in [3.8, 4) is 16.8 Å². The molecule has 0 spiro atoms. The summed E-state index contributed by atoms with van der Waals surface area (Å²) in [6, 6.07) is 69.0. The Balaban J connectivity index is 1.12. The van der Waals surface area contributed by atoms with Crippen molar-refractivity contribution >= 4 is 93.5 Å². The summed E-state index contributed by atoms with van der Waals surface area (Å²) < 4.78 is 15.6. The molecule has 3 heterocycles. The van der Waals surface area contributed by atoms with E-state index in [9.17, 15) is 0 Å². The Morgan fingerprint density at radius 2 is 0.982 bits per heavy atom. The molecule has 12 rings (SSSR count). The van der Waals surface area contributed by atoms with Crippen LogP contribution < -0.4 is 4.90 Å². The number of fused-ring (bicyclic) bond motifs is 11. The molecule has 9 aromatic carbocycles. The molecule has 0 N–H and O–H groups in total. The molecule has 0 radical (unpaired) electrons. The summed E-state index contributed by atoms with van der Waals surface area (Å²) in [7, 11) is 0. The fourth-order valence-corrected chi connectivity index (χ4v) is 8.89. The molecule has 0 saturated carbocycles. The van der Waals surface area contributed by atoms with Gasteiger partial charge in [0, 0.05) is 65.9 Å². The van der Waals surface area contributed by atoms with Crippen LogP contribution >= 0.6 is 0 Å². The molecule has 0 amide bonds. The minimum Gasteiger partial charge on any atom is -0.456 e. The molecule has 56 heavy (non-hydrogen) atoms. The molecule has 0 fully saturated rings. The number of nitrogens with zero attached hydrogens (tertiary/aromatic N) is 2. The van der Waals surface area contributed by atoms with E-state index in [1.165, 1.54) is 21.8 Å². The molecule has 0 aliphatic heterocycles. The van der Waals surface area contributed by atoms with Crippen molar-refractivity contribution in [2.45, 2.75) is 0 Å². The zero-order valence-electron chi connectivity index (χ0n) is 30.2. The summed E-state index contributed by atoms with van der Waals surface area (Å²) in [5.41, 5.74) is 12.2. The van der Waals surface area contributed by atoms with Crippen molar-refractivity contribution in [2.75, 3.05) is 4.90 Å². The topological polar surface area (TPSA) is 34.5 Å². The zero-order chi connectivity index (χ0) is 36.7. The minimum atomic E-state index is 0.862. The molecule has 0 atom stereocenters. The lowest BCUT2D eigenvalue weighted by molar-refractivity contribution is 0.669. The highest BCUT2D eigenvalue weighted by Gasteiger charge is 2.23. The number of anilines is 3. The van der Waals surface area contributed by atoms with E-state index in [1.54, 1.807) is 0 Å². The number of hydrogen-bond acceptors (Lipinski definition) is 3. The Labute approximate surface area is 321 Å². The van der Waals surface area contributed by atoms with E-state index < -0.39 is 0 Å². The second-order valence-electron chi connectivity index (χ2n) is 14.5. The van der Waals surface area contributed by atoms with E-state index in [0.29, 0.717) is 0 Å². The zero-order valence-corrected chi connectivity index (χ0v) is 30.2. The Morgan fingerprint density at radius 1 is 0.357 bits per heavy atom. The van der Waals surface area contributed by atoms with Crippen LogP contribution in [0.5, 0.6) is 0 Å². The number of hydrogen-bond donors (Lipinski definition) is 0. The smallest absolute Gasteiger partial charge is 0.143 e. The first kappa shape index (κ1) is 30.9.